The van der Waals surface area contributed by atoms with Crippen LogP contribution < -0.4 is 15.6 Å². The molecule has 0 unspecified atom stereocenters. The largest absolute Gasteiger partial charge is 0.488 e. The van der Waals surface area contributed by atoms with Gasteiger partial charge >= 0.3 is 5.56 Å². The maximum atomic E-state index is 14.2. The van der Waals surface area contributed by atoms with E-state index in [1.54, 1.807) is 6.92 Å². The number of nitrogens with zero attached hydrogens (tertiary/aromatic N) is 2. The fraction of sp³-hybridized carbons (Fsp3) is 0.238. The Balaban J connectivity index is 1.97. The maximum absolute atomic E-state index is 14.2. The Morgan fingerprint density at radius 2 is 1.66 bits per heavy atom. The summed E-state index contributed by atoms with van der Waals surface area (Å²) in [4.78, 5) is 15.4. The van der Waals surface area contributed by atoms with Gasteiger partial charge in [0.15, 0.2) is 29.0 Å². The first kappa shape index (κ1) is 23.2. The zero-order valence-electron chi connectivity index (χ0n) is 17.0. The predicted octanol–water partition coefficient (Wildman–Crippen LogP) is 4.06. The average molecular weight is 455 g/mol. The highest BCUT2D eigenvalue weighted by Gasteiger charge is 2.16. The third-order valence-corrected chi connectivity index (χ3v) is 4.42. The van der Waals surface area contributed by atoms with Crippen LogP contribution in [0.25, 0.3) is 0 Å². The Morgan fingerprint density at radius 3 is 2.31 bits per heavy atom. The molecule has 0 spiro atoms. The first-order valence-corrected chi connectivity index (χ1v) is 9.29. The van der Waals surface area contributed by atoms with Crippen LogP contribution in [0.2, 0.25) is 0 Å². The Labute approximate surface area is 179 Å². The van der Waals surface area contributed by atoms with Crippen LogP contribution in [-0.2, 0) is 11.3 Å². The van der Waals surface area contributed by atoms with Crippen molar-refractivity contribution in [2.24, 2.45) is 0 Å². The number of aryl methyl sites for hydroxylation is 1. The van der Waals surface area contributed by atoms with Crippen LogP contribution in [0.1, 0.15) is 11.1 Å². The van der Waals surface area contributed by atoms with Crippen molar-refractivity contribution >= 4 is 11.6 Å². The topological polar surface area (TPSA) is 65.4 Å². The van der Waals surface area contributed by atoms with Crippen LogP contribution in [0.4, 0.5) is 33.6 Å². The van der Waals surface area contributed by atoms with E-state index >= 15 is 0 Å². The van der Waals surface area contributed by atoms with Crippen LogP contribution in [0.3, 0.4) is 0 Å². The molecule has 0 fully saturated rings. The molecule has 0 radical (unpaired) electrons. The van der Waals surface area contributed by atoms with Crippen LogP contribution in [-0.4, -0.2) is 29.9 Å². The van der Waals surface area contributed by atoms with Crippen molar-refractivity contribution in [1.29, 1.82) is 0 Å². The minimum Gasteiger partial charge on any atom is -0.488 e. The number of hydrogen-bond acceptors (Lipinski definition) is 5. The van der Waals surface area contributed by atoms with E-state index < -0.39 is 34.6 Å². The molecule has 0 amide bonds. The van der Waals surface area contributed by atoms with Crippen molar-refractivity contribution in [3.8, 4) is 5.75 Å². The van der Waals surface area contributed by atoms with Gasteiger partial charge in [-0.25, -0.2) is 17.6 Å². The zero-order valence-corrected chi connectivity index (χ0v) is 17.0. The number of hydrogen-bond donors (Lipinski definition) is 1. The summed E-state index contributed by atoms with van der Waals surface area (Å²) in [5, 5.41) is 2.77. The monoisotopic (exact) mass is 455 g/mol. The first-order valence-electron chi connectivity index (χ1n) is 9.29. The summed E-state index contributed by atoms with van der Waals surface area (Å²) in [6.45, 7) is 1.52. The lowest BCUT2D eigenvalue weighted by molar-refractivity contribution is 0.144. The smallest absolute Gasteiger partial charge is 0.310 e. The number of aromatic nitrogens is 2. The van der Waals surface area contributed by atoms with Gasteiger partial charge in [0, 0.05) is 25.1 Å². The Hall–Kier alpha value is -3.47. The molecule has 170 valence electrons. The number of benzene rings is 2. The normalized spacial score (nSPS) is 11.0. The second-order valence-corrected chi connectivity index (χ2v) is 6.78. The highest BCUT2D eigenvalue weighted by Crippen LogP contribution is 2.28. The molecule has 0 aliphatic rings. The van der Waals surface area contributed by atoms with E-state index in [4.69, 9.17) is 9.47 Å². The second-order valence-electron chi connectivity index (χ2n) is 6.78. The van der Waals surface area contributed by atoms with E-state index in [1.807, 2.05) is 0 Å². The number of ether oxygens (including phenoxy) is 2. The van der Waals surface area contributed by atoms with Crippen molar-refractivity contribution in [3.63, 3.8) is 0 Å². The zero-order chi connectivity index (χ0) is 23.4. The van der Waals surface area contributed by atoms with Gasteiger partial charge in [-0.3, -0.25) is 4.79 Å². The molecule has 3 rings (SSSR count). The molecule has 0 saturated carbocycles. The van der Waals surface area contributed by atoms with Gasteiger partial charge in [-0.15, -0.1) is 0 Å². The lowest BCUT2D eigenvalue weighted by Gasteiger charge is -2.17. The van der Waals surface area contributed by atoms with Crippen LogP contribution in [0.15, 0.2) is 35.3 Å². The molecular weight excluding hydrogens is 437 g/mol. The molecule has 1 heterocycles. The highest BCUT2D eigenvalue weighted by atomic mass is 19.2. The second kappa shape index (κ2) is 9.77. The fourth-order valence-electron chi connectivity index (χ4n) is 2.84. The number of halogens is 5. The van der Waals surface area contributed by atoms with E-state index in [2.05, 4.69) is 10.3 Å². The SMILES string of the molecule is COCCOc1cc(Nc2nc(=O)c(F)cn2Cc2cc(F)c(F)c(F)c2)c(C)cc1F. The Kier molecular flexibility index (Phi) is 7.08. The van der Waals surface area contributed by atoms with Crippen molar-refractivity contribution in [2.45, 2.75) is 13.5 Å². The summed E-state index contributed by atoms with van der Waals surface area (Å²) >= 11 is 0. The molecule has 32 heavy (non-hydrogen) atoms. The summed E-state index contributed by atoms with van der Waals surface area (Å²) in [6.07, 6.45) is 0.783. The molecule has 0 aliphatic heterocycles. The minimum atomic E-state index is -1.64. The van der Waals surface area contributed by atoms with E-state index in [1.165, 1.54) is 19.2 Å². The molecule has 11 heteroatoms. The lowest BCUT2D eigenvalue weighted by Crippen LogP contribution is -2.20. The molecule has 0 saturated heterocycles. The molecule has 2 aromatic carbocycles. The summed E-state index contributed by atoms with van der Waals surface area (Å²) < 4.78 is 79.6. The van der Waals surface area contributed by atoms with E-state index in [9.17, 15) is 26.7 Å². The van der Waals surface area contributed by atoms with Gasteiger partial charge in [0.05, 0.1) is 13.2 Å². The Bertz CT molecular complexity index is 1180. The summed E-state index contributed by atoms with van der Waals surface area (Å²) in [6, 6.07) is 3.98. The third-order valence-electron chi connectivity index (χ3n) is 4.42. The predicted molar refractivity (Wildman–Crippen MR) is 106 cm³/mol. The van der Waals surface area contributed by atoms with E-state index in [0.717, 1.165) is 22.9 Å². The van der Waals surface area contributed by atoms with Crippen LogP contribution in [0.5, 0.6) is 5.75 Å². The number of rotatable bonds is 8. The molecule has 0 bridgehead atoms. The van der Waals surface area contributed by atoms with Crippen LogP contribution >= 0.6 is 0 Å². The number of anilines is 2. The molecule has 1 N–H and O–H groups in total. The highest BCUT2D eigenvalue weighted by molar-refractivity contribution is 5.61. The summed E-state index contributed by atoms with van der Waals surface area (Å²) in [5.74, 6) is -6.62. The third kappa shape index (κ3) is 5.22. The summed E-state index contributed by atoms with van der Waals surface area (Å²) in [7, 11) is 1.46. The molecule has 1 aromatic heterocycles. The fourth-order valence-corrected chi connectivity index (χ4v) is 2.84. The van der Waals surface area contributed by atoms with Gasteiger partial charge in [-0.1, -0.05) is 0 Å². The van der Waals surface area contributed by atoms with Crippen molar-refractivity contribution in [1.82, 2.24) is 9.55 Å². The van der Waals surface area contributed by atoms with E-state index in [0.29, 0.717) is 5.56 Å². The van der Waals surface area contributed by atoms with Gasteiger partial charge in [-0.2, -0.15) is 9.37 Å². The Morgan fingerprint density at radius 1 is 0.969 bits per heavy atom. The van der Waals surface area contributed by atoms with Gasteiger partial charge in [-0.05, 0) is 36.2 Å². The molecule has 6 nitrogen and oxygen atoms in total. The molecule has 0 atom stereocenters. The van der Waals surface area contributed by atoms with E-state index in [-0.39, 0.29) is 42.7 Å². The molecular formula is C21H18F5N3O3. The van der Waals surface area contributed by atoms with Gasteiger partial charge in [0.25, 0.3) is 0 Å². The quantitative estimate of drug-likeness (QED) is 0.315. The van der Waals surface area contributed by atoms with Crippen molar-refractivity contribution in [3.05, 3.63) is 81.0 Å². The van der Waals surface area contributed by atoms with Gasteiger partial charge in [0.1, 0.15) is 6.61 Å². The molecule has 0 aliphatic carbocycles. The van der Waals surface area contributed by atoms with Crippen molar-refractivity contribution < 1.29 is 31.4 Å². The van der Waals surface area contributed by atoms with Gasteiger partial charge < -0.3 is 19.4 Å². The summed E-state index contributed by atoms with van der Waals surface area (Å²) in [5.41, 5.74) is -0.543. The van der Waals surface area contributed by atoms with Crippen LogP contribution in [0, 0.1) is 36.0 Å². The lowest BCUT2D eigenvalue weighted by atomic mass is 10.2. The minimum absolute atomic E-state index is 0.0475. The number of nitrogens with one attached hydrogen (secondary N) is 1. The van der Waals surface area contributed by atoms with Gasteiger partial charge in [0.2, 0.25) is 11.8 Å². The standard InChI is InChI=1S/C21H18F5N3O3/c1-11-5-13(22)18(32-4-3-31-2)8-17(11)27-21-28-20(30)16(25)10-29(21)9-12-6-14(23)19(26)15(24)7-12/h5-8,10H,3-4,9H2,1-2H3,(H,27,28,30). The first-order chi connectivity index (χ1) is 15.2. The maximum Gasteiger partial charge on any atom is 0.310 e. The van der Waals surface area contributed by atoms with Crippen molar-refractivity contribution in [2.75, 3.05) is 25.6 Å². The number of methoxy groups -OCH3 is 1. The average Bonchev–Trinajstić information content (AvgIpc) is 2.73. The molecule has 3 aromatic rings.